The lowest BCUT2D eigenvalue weighted by molar-refractivity contribution is 0.489. The first-order chi connectivity index (χ1) is 6.66. The molecule has 0 aliphatic rings. The van der Waals surface area contributed by atoms with Crippen molar-refractivity contribution in [3.8, 4) is 11.8 Å². The minimum absolute atomic E-state index is 0.174. The standard InChI is InChI=1S/C11H11F2N/c1-2-3-7-10(14)8-5-4-6-9(12)11(8)13/h4-6,10H,7,14H2,1H3. The molecule has 14 heavy (non-hydrogen) atoms. The van der Waals surface area contributed by atoms with Crippen molar-refractivity contribution in [2.75, 3.05) is 0 Å². The topological polar surface area (TPSA) is 26.0 Å². The lowest BCUT2D eigenvalue weighted by Crippen LogP contribution is -2.12. The maximum Gasteiger partial charge on any atom is 0.163 e. The Morgan fingerprint density at radius 1 is 1.43 bits per heavy atom. The van der Waals surface area contributed by atoms with E-state index in [2.05, 4.69) is 11.8 Å². The molecule has 0 aliphatic heterocycles. The van der Waals surface area contributed by atoms with Crippen LogP contribution in [-0.2, 0) is 0 Å². The zero-order valence-corrected chi connectivity index (χ0v) is 7.85. The maximum atomic E-state index is 13.2. The summed E-state index contributed by atoms with van der Waals surface area (Å²) in [6, 6.07) is 3.41. The molecule has 2 N–H and O–H groups in total. The molecule has 1 nitrogen and oxygen atoms in total. The van der Waals surface area contributed by atoms with Crippen LogP contribution in [0.5, 0.6) is 0 Å². The third-order valence-corrected chi connectivity index (χ3v) is 1.88. The average molecular weight is 195 g/mol. The van der Waals surface area contributed by atoms with E-state index in [1.165, 1.54) is 12.1 Å². The van der Waals surface area contributed by atoms with Crippen molar-refractivity contribution in [1.82, 2.24) is 0 Å². The molecule has 1 aromatic carbocycles. The van der Waals surface area contributed by atoms with Crippen LogP contribution < -0.4 is 5.73 Å². The summed E-state index contributed by atoms with van der Waals surface area (Å²) < 4.78 is 26.0. The summed E-state index contributed by atoms with van der Waals surface area (Å²) in [6.07, 6.45) is 0.330. The number of hydrogen-bond donors (Lipinski definition) is 1. The van der Waals surface area contributed by atoms with E-state index in [1.54, 1.807) is 6.92 Å². The molecule has 1 aromatic rings. The van der Waals surface area contributed by atoms with Crippen molar-refractivity contribution >= 4 is 0 Å². The highest BCUT2D eigenvalue weighted by molar-refractivity contribution is 5.23. The van der Waals surface area contributed by atoms with Crippen LogP contribution >= 0.6 is 0 Å². The van der Waals surface area contributed by atoms with Crippen LogP contribution in [0.2, 0.25) is 0 Å². The van der Waals surface area contributed by atoms with E-state index in [0.717, 1.165) is 6.07 Å². The number of rotatable bonds is 2. The number of halogens is 2. The predicted octanol–water partition coefficient (Wildman–Crippen LogP) is 2.38. The van der Waals surface area contributed by atoms with E-state index in [-0.39, 0.29) is 5.56 Å². The molecule has 0 heterocycles. The second-order valence-electron chi connectivity index (χ2n) is 2.88. The number of nitrogens with two attached hydrogens (primary N) is 1. The Labute approximate surface area is 81.9 Å². The molecule has 1 rings (SSSR count). The Hall–Kier alpha value is -1.40. The van der Waals surface area contributed by atoms with E-state index in [4.69, 9.17) is 5.73 Å². The molecule has 0 saturated carbocycles. The second kappa shape index (κ2) is 4.73. The van der Waals surface area contributed by atoms with Gasteiger partial charge in [-0.2, -0.15) is 0 Å². The van der Waals surface area contributed by atoms with Crippen LogP contribution in [0.25, 0.3) is 0 Å². The minimum Gasteiger partial charge on any atom is -0.323 e. The summed E-state index contributed by atoms with van der Waals surface area (Å²) in [7, 11) is 0. The van der Waals surface area contributed by atoms with Gasteiger partial charge in [-0.3, -0.25) is 0 Å². The van der Waals surface area contributed by atoms with Crippen molar-refractivity contribution < 1.29 is 8.78 Å². The van der Waals surface area contributed by atoms with Gasteiger partial charge in [0.05, 0.1) is 0 Å². The highest BCUT2D eigenvalue weighted by atomic mass is 19.2. The zero-order chi connectivity index (χ0) is 10.6. The van der Waals surface area contributed by atoms with Gasteiger partial charge < -0.3 is 5.73 Å². The van der Waals surface area contributed by atoms with Gasteiger partial charge in [0.1, 0.15) is 0 Å². The molecule has 0 saturated heterocycles. The molecule has 0 aromatic heterocycles. The van der Waals surface area contributed by atoms with Gasteiger partial charge in [-0.15, -0.1) is 11.8 Å². The van der Waals surface area contributed by atoms with Gasteiger partial charge >= 0.3 is 0 Å². The highest BCUT2D eigenvalue weighted by Crippen LogP contribution is 2.19. The molecular weight excluding hydrogens is 184 g/mol. The summed E-state index contributed by atoms with van der Waals surface area (Å²) in [6.45, 7) is 1.68. The molecule has 0 spiro atoms. The molecule has 0 amide bonds. The molecule has 0 aliphatic carbocycles. The Balaban J connectivity index is 2.93. The highest BCUT2D eigenvalue weighted by Gasteiger charge is 2.13. The normalized spacial score (nSPS) is 11.7. The second-order valence-corrected chi connectivity index (χ2v) is 2.88. The average Bonchev–Trinajstić information content (AvgIpc) is 2.18. The molecular formula is C11H11F2N. The molecule has 3 heteroatoms. The minimum atomic E-state index is -0.877. The van der Waals surface area contributed by atoms with Crippen LogP contribution in [0.4, 0.5) is 8.78 Å². The summed E-state index contributed by atoms with van der Waals surface area (Å²) in [5.74, 6) is 3.64. The summed E-state index contributed by atoms with van der Waals surface area (Å²) in [4.78, 5) is 0. The van der Waals surface area contributed by atoms with Gasteiger partial charge in [-0.1, -0.05) is 12.1 Å². The van der Waals surface area contributed by atoms with Crippen molar-refractivity contribution in [2.24, 2.45) is 5.73 Å². The third-order valence-electron chi connectivity index (χ3n) is 1.88. The lowest BCUT2D eigenvalue weighted by atomic mass is 10.0. The van der Waals surface area contributed by atoms with Crippen molar-refractivity contribution in [2.45, 2.75) is 19.4 Å². The van der Waals surface area contributed by atoms with Crippen LogP contribution in [0.3, 0.4) is 0 Å². The maximum absolute atomic E-state index is 13.2. The fourth-order valence-electron chi connectivity index (χ4n) is 1.13. The first-order valence-electron chi connectivity index (χ1n) is 4.26. The molecule has 0 fully saturated rings. The van der Waals surface area contributed by atoms with Crippen LogP contribution in [0.1, 0.15) is 24.9 Å². The molecule has 1 unspecified atom stereocenters. The fraction of sp³-hybridized carbons (Fsp3) is 0.273. The summed E-state index contributed by atoms with van der Waals surface area (Å²) >= 11 is 0. The van der Waals surface area contributed by atoms with Crippen molar-refractivity contribution in [3.63, 3.8) is 0 Å². The van der Waals surface area contributed by atoms with E-state index >= 15 is 0 Å². The summed E-state index contributed by atoms with van der Waals surface area (Å²) in [5.41, 5.74) is 5.82. The third kappa shape index (κ3) is 2.30. The van der Waals surface area contributed by atoms with E-state index in [0.29, 0.717) is 6.42 Å². The Bertz CT molecular complexity index is 377. The quantitative estimate of drug-likeness (QED) is 0.720. The van der Waals surface area contributed by atoms with Gasteiger partial charge in [0.25, 0.3) is 0 Å². The first kappa shape index (κ1) is 10.7. The van der Waals surface area contributed by atoms with Gasteiger partial charge in [0, 0.05) is 18.0 Å². The summed E-state index contributed by atoms with van der Waals surface area (Å²) in [5, 5.41) is 0. The Morgan fingerprint density at radius 2 is 2.14 bits per heavy atom. The Morgan fingerprint density at radius 3 is 2.79 bits per heavy atom. The fourth-order valence-corrected chi connectivity index (χ4v) is 1.13. The van der Waals surface area contributed by atoms with Crippen LogP contribution in [0.15, 0.2) is 18.2 Å². The van der Waals surface area contributed by atoms with Crippen LogP contribution in [0, 0.1) is 23.5 Å². The van der Waals surface area contributed by atoms with E-state index in [9.17, 15) is 8.78 Å². The monoisotopic (exact) mass is 195 g/mol. The molecule has 0 radical (unpaired) electrons. The van der Waals surface area contributed by atoms with Gasteiger partial charge in [0.15, 0.2) is 11.6 Å². The zero-order valence-electron chi connectivity index (χ0n) is 7.85. The number of hydrogen-bond acceptors (Lipinski definition) is 1. The van der Waals surface area contributed by atoms with Gasteiger partial charge in [-0.05, 0) is 13.0 Å². The first-order valence-corrected chi connectivity index (χ1v) is 4.26. The van der Waals surface area contributed by atoms with Gasteiger partial charge in [-0.25, -0.2) is 8.78 Å². The molecule has 1 atom stereocenters. The Kier molecular flexibility index (Phi) is 3.61. The van der Waals surface area contributed by atoms with Crippen LogP contribution in [-0.4, -0.2) is 0 Å². The van der Waals surface area contributed by atoms with Crippen molar-refractivity contribution in [1.29, 1.82) is 0 Å². The largest absolute Gasteiger partial charge is 0.323 e. The van der Waals surface area contributed by atoms with Gasteiger partial charge in [0.2, 0.25) is 0 Å². The molecule has 74 valence electrons. The number of benzene rings is 1. The predicted molar refractivity (Wildman–Crippen MR) is 51.4 cm³/mol. The smallest absolute Gasteiger partial charge is 0.163 e. The SMILES string of the molecule is CC#CCC(N)c1cccc(F)c1F. The van der Waals surface area contributed by atoms with Crippen molar-refractivity contribution in [3.05, 3.63) is 35.4 Å². The molecule has 0 bridgehead atoms. The lowest BCUT2D eigenvalue weighted by Gasteiger charge is -2.09. The van der Waals surface area contributed by atoms with E-state index < -0.39 is 17.7 Å². The van der Waals surface area contributed by atoms with E-state index in [1.807, 2.05) is 0 Å².